The molecule has 0 fully saturated rings. The molecule has 0 bridgehead atoms. The van der Waals surface area contributed by atoms with Gasteiger partial charge in [-0.25, -0.2) is 4.39 Å². The molecule has 0 aliphatic carbocycles. The average Bonchev–Trinajstić information content (AvgIpc) is 2.26. The summed E-state index contributed by atoms with van der Waals surface area (Å²) in [5, 5.41) is 2.75. The maximum Gasteiger partial charge on any atom is 0.188 e. The van der Waals surface area contributed by atoms with Crippen molar-refractivity contribution in [1.82, 2.24) is 0 Å². The molecule has 0 aliphatic rings. The predicted molar refractivity (Wildman–Crippen MR) is 59.5 cm³/mol. The van der Waals surface area contributed by atoms with E-state index in [9.17, 15) is 4.39 Å². The molecule has 0 radical (unpaired) electrons. The maximum absolute atomic E-state index is 13.6. The molecule has 3 heteroatoms. The van der Waals surface area contributed by atoms with Crippen molar-refractivity contribution >= 4 is 5.69 Å². The molecule has 0 aromatic heterocycles. The number of halogens is 1. The Morgan fingerprint density at radius 1 is 1.47 bits per heavy atom. The lowest BCUT2D eigenvalue weighted by atomic mass is 10.3. The fraction of sp³-hybridized carbons (Fsp3) is 0.333. The van der Waals surface area contributed by atoms with Crippen LogP contribution in [0, 0.1) is 17.7 Å². The van der Waals surface area contributed by atoms with Crippen LogP contribution in [0.15, 0.2) is 18.2 Å². The molecule has 15 heavy (non-hydrogen) atoms. The summed E-state index contributed by atoms with van der Waals surface area (Å²) in [6, 6.07) is 5.01. The zero-order valence-corrected chi connectivity index (χ0v) is 8.93. The van der Waals surface area contributed by atoms with Crippen molar-refractivity contribution in [1.29, 1.82) is 0 Å². The van der Waals surface area contributed by atoms with Gasteiger partial charge in [-0.05, 0) is 19.1 Å². The Kier molecular flexibility index (Phi) is 4.49. The first-order valence-corrected chi connectivity index (χ1v) is 4.78. The van der Waals surface area contributed by atoms with Crippen LogP contribution in [0.25, 0.3) is 0 Å². The molecule has 0 saturated carbocycles. The average molecular weight is 207 g/mol. The third-order valence-corrected chi connectivity index (χ3v) is 1.89. The summed E-state index contributed by atoms with van der Waals surface area (Å²) in [5.74, 6) is 5.52. The minimum atomic E-state index is -0.357. The van der Waals surface area contributed by atoms with Crippen LogP contribution in [-0.4, -0.2) is 13.7 Å². The molecular weight excluding hydrogens is 193 g/mol. The summed E-state index contributed by atoms with van der Waals surface area (Å²) in [4.78, 5) is 0. The Hall–Kier alpha value is -1.69. The highest BCUT2D eigenvalue weighted by molar-refractivity contribution is 5.49. The number of ether oxygens (including phenoxy) is 1. The van der Waals surface area contributed by atoms with Crippen LogP contribution in [0.2, 0.25) is 0 Å². The molecule has 0 atom stereocenters. The minimum absolute atomic E-state index is 0.264. The summed E-state index contributed by atoms with van der Waals surface area (Å²) in [6.07, 6.45) is 0.611. The first kappa shape index (κ1) is 11.4. The lowest BCUT2D eigenvalue weighted by molar-refractivity contribution is 0.310. The monoisotopic (exact) mass is 207 g/mol. The molecule has 0 unspecified atom stereocenters. The largest absolute Gasteiger partial charge is 0.489 e. The van der Waals surface area contributed by atoms with Gasteiger partial charge in [-0.2, -0.15) is 0 Å². The van der Waals surface area contributed by atoms with E-state index in [0.29, 0.717) is 18.7 Å². The van der Waals surface area contributed by atoms with E-state index in [1.807, 2.05) is 0 Å². The molecule has 0 aliphatic heterocycles. The topological polar surface area (TPSA) is 21.3 Å². The van der Waals surface area contributed by atoms with E-state index in [1.54, 1.807) is 32.2 Å². The highest BCUT2D eigenvalue weighted by Crippen LogP contribution is 2.23. The highest BCUT2D eigenvalue weighted by Gasteiger charge is 2.06. The van der Waals surface area contributed by atoms with E-state index in [1.165, 1.54) is 0 Å². The van der Waals surface area contributed by atoms with Gasteiger partial charge in [0.25, 0.3) is 0 Å². The van der Waals surface area contributed by atoms with E-state index in [0.717, 1.165) is 0 Å². The summed E-state index contributed by atoms with van der Waals surface area (Å²) in [6.45, 7) is 2.17. The molecule has 80 valence electrons. The van der Waals surface area contributed by atoms with Gasteiger partial charge in [0.1, 0.15) is 0 Å². The lowest BCUT2D eigenvalue weighted by Gasteiger charge is -2.08. The van der Waals surface area contributed by atoms with Crippen LogP contribution >= 0.6 is 0 Å². The van der Waals surface area contributed by atoms with Gasteiger partial charge in [0, 0.05) is 13.5 Å². The molecule has 1 aromatic rings. The van der Waals surface area contributed by atoms with Crippen LogP contribution in [-0.2, 0) is 0 Å². The molecule has 1 N–H and O–H groups in total. The Balaban J connectivity index is 2.63. The number of anilines is 1. The van der Waals surface area contributed by atoms with Crippen LogP contribution < -0.4 is 10.1 Å². The molecular formula is C12H14FNO. The summed E-state index contributed by atoms with van der Waals surface area (Å²) >= 11 is 0. The minimum Gasteiger partial charge on any atom is -0.489 e. The van der Waals surface area contributed by atoms with Crippen LogP contribution in [0.4, 0.5) is 10.1 Å². The van der Waals surface area contributed by atoms with E-state index in [4.69, 9.17) is 4.74 Å². The van der Waals surface area contributed by atoms with Crippen molar-refractivity contribution in [2.24, 2.45) is 0 Å². The van der Waals surface area contributed by atoms with Gasteiger partial charge in [-0.3, -0.25) is 0 Å². The first-order chi connectivity index (χ1) is 7.29. The number of nitrogens with one attached hydrogen (secondary N) is 1. The van der Waals surface area contributed by atoms with Crippen molar-refractivity contribution in [2.45, 2.75) is 13.3 Å². The Bertz CT molecular complexity index is 379. The molecule has 0 amide bonds. The van der Waals surface area contributed by atoms with Gasteiger partial charge in [0.05, 0.1) is 12.3 Å². The first-order valence-electron chi connectivity index (χ1n) is 4.78. The fourth-order valence-corrected chi connectivity index (χ4v) is 1.15. The van der Waals surface area contributed by atoms with Crippen LogP contribution in [0.1, 0.15) is 13.3 Å². The Morgan fingerprint density at radius 3 is 2.93 bits per heavy atom. The molecule has 0 spiro atoms. The molecule has 2 nitrogen and oxygen atoms in total. The smallest absolute Gasteiger partial charge is 0.188 e. The molecule has 1 rings (SSSR count). The molecule has 0 saturated heterocycles. The van der Waals surface area contributed by atoms with E-state index in [-0.39, 0.29) is 11.6 Å². The van der Waals surface area contributed by atoms with E-state index >= 15 is 0 Å². The van der Waals surface area contributed by atoms with Crippen LogP contribution in [0.3, 0.4) is 0 Å². The predicted octanol–water partition coefficient (Wildman–Crippen LogP) is 2.66. The van der Waals surface area contributed by atoms with Gasteiger partial charge < -0.3 is 10.1 Å². The van der Waals surface area contributed by atoms with Gasteiger partial charge in [0.2, 0.25) is 0 Å². The van der Waals surface area contributed by atoms with Gasteiger partial charge in [-0.1, -0.05) is 6.07 Å². The zero-order chi connectivity index (χ0) is 11.1. The summed E-state index contributed by atoms with van der Waals surface area (Å²) in [5.41, 5.74) is 0.439. The van der Waals surface area contributed by atoms with Gasteiger partial charge in [0.15, 0.2) is 11.6 Å². The van der Waals surface area contributed by atoms with Gasteiger partial charge >= 0.3 is 0 Å². The molecule has 0 heterocycles. The summed E-state index contributed by atoms with van der Waals surface area (Å²) < 4.78 is 18.8. The second kappa shape index (κ2) is 5.92. The fourth-order valence-electron chi connectivity index (χ4n) is 1.15. The molecule has 1 aromatic carbocycles. The Morgan fingerprint density at radius 2 is 2.27 bits per heavy atom. The van der Waals surface area contributed by atoms with Crippen molar-refractivity contribution in [3.05, 3.63) is 24.0 Å². The highest BCUT2D eigenvalue weighted by atomic mass is 19.1. The maximum atomic E-state index is 13.6. The lowest BCUT2D eigenvalue weighted by Crippen LogP contribution is -2.00. The van der Waals surface area contributed by atoms with E-state index in [2.05, 4.69) is 17.2 Å². The second-order valence-corrected chi connectivity index (χ2v) is 2.89. The zero-order valence-electron chi connectivity index (χ0n) is 8.93. The quantitative estimate of drug-likeness (QED) is 0.605. The van der Waals surface area contributed by atoms with Gasteiger partial charge in [-0.15, -0.1) is 11.8 Å². The van der Waals surface area contributed by atoms with Crippen molar-refractivity contribution < 1.29 is 9.13 Å². The number of hydrogen-bond acceptors (Lipinski definition) is 2. The number of benzene rings is 1. The standard InChI is InChI=1S/C12H14FNO/c1-3-4-5-9-15-11-8-6-7-10(14-2)12(11)13/h6-8,14H,5,9H2,1-2H3. The third-order valence-electron chi connectivity index (χ3n) is 1.89. The van der Waals surface area contributed by atoms with Crippen molar-refractivity contribution in [3.8, 4) is 17.6 Å². The van der Waals surface area contributed by atoms with Crippen molar-refractivity contribution in [3.63, 3.8) is 0 Å². The summed E-state index contributed by atoms with van der Waals surface area (Å²) in [7, 11) is 1.67. The normalized spacial score (nSPS) is 9.00. The third kappa shape index (κ3) is 3.17. The van der Waals surface area contributed by atoms with Crippen molar-refractivity contribution in [2.75, 3.05) is 19.0 Å². The van der Waals surface area contributed by atoms with E-state index < -0.39 is 0 Å². The van der Waals surface area contributed by atoms with Crippen LogP contribution in [0.5, 0.6) is 5.75 Å². The number of hydrogen-bond donors (Lipinski definition) is 1. The Labute approximate surface area is 89.4 Å². The second-order valence-electron chi connectivity index (χ2n) is 2.89. The SMILES string of the molecule is CC#CCCOc1cccc(NC)c1F. The number of rotatable bonds is 4.